The summed E-state index contributed by atoms with van der Waals surface area (Å²) >= 11 is 10.2. The summed E-state index contributed by atoms with van der Waals surface area (Å²) in [6, 6.07) is 22.6. The molecular formula is C34H40BrClN2O3. The zero-order valence-corrected chi connectivity index (χ0v) is 26.5. The first kappa shape index (κ1) is 31.1. The quantitative estimate of drug-likeness (QED) is 0.246. The maximum Gasteiger partial charge on any atom is 0.261 e. The summed E-state index contributed by atoms with van der Waals surface area (Å²) in [5.41, 5.74) is 2.90. The van der Waals surface area contributed by atoms with Gasteiger partial charge in [0.1, 0.15) is 11.8 Å². The average molecular weight is 640 g/mol. The van der Waals surface area contributed by atoms with Gasteiger partial charge in [0.05, 0.1) is 4.47 Å². The Morgan fingerprint density at radius 1 is 1.00 bits per heavy atom. The molecule has 4 rings (SSSR count). The largest absolute Gasteiger partial charge is 0.483 e. The number of benzene rings is 3. The van der Waals surface area contributed by atoms with E-state index < -0.39 is 6.04 Å². The Balaban J connectivity index is 1.62. The lowest BCUT2D eigenvalue weighted by Crippen LogP contribution is -2.53. The number of carbonyl (C=O) groups is 2. The van der Waals surface area contributed by atoms with Crippen LogP contribution in [0.1, 0.15) is 69.6 Å². The molecule has 0 aromatic heterocycles. The molecule has 1 N–H and O–H groups in total. The first-order chi connectivity index (χ1) is 19.6. The summed E-state index contributed by atoms with van der Waals surface area (Å²) in [4.78, 5) is 29.5. The van der Waals surface area contributed by atoms with Crippen LogP contribution in [0.25, 0.3) is 0 Å². The van der Waals surface area contributed by atoms with E-state index in [0.717, 1.165) is 46.8 Å². The minimum atomic E-state index is -0.724. The van der Waals surface area contributed by atoms with Crippen LogP contribution in [0.5, 0.6) is 5.75 Å². The molecule has 5 nitrogen and oxygen atoms in total. The zero-order valence-electron chi connectivity index (χ0n) is 24.2. The van der Waals surface area contributed by atoms with Crippen LogP contribution >= 0.6 is 27.5 Å². The summed E-state index contributed by atoms with van der Waals surface area (Å²) < 4.78 is 6.83. The minimum Gasteiger partial charge on any atom is -0.483 e. The second kappa shape index (κ2) is 14.4. The SMILES string of the molecule is CC(C)(C)c1ccc(OCC(=O)N(Cc2ccccc2Cl)[C@@H](Cc2ccccc2)C(=O)NC2CCCCC2)c(Br)c1. The van der Waals surface area contributed by atoms with Gasteiger partial charge in [0.2, 0.25) is 5.91 Å². The smallest absolute Gasteiger partial charge is 0.261 e. The molecule has 1 atom stereocenters. The van der Waals surface area contributed by atoms with E-state index in [9.17, 15) is 9.59 Å². The highest BCUT2D eigenvalue weighted by molar-refractivity contribution is 9.10. The van der Waals surface area contributed by atoms with Crippen molar-refractivity contribution >= 4 is 39.3 Å². The van der Waals surface area contributed by atoms with Gasteiger partial charge in [0, 0.05) is 24.0 Å². The molecule has 2 amide bonds. The number of ether oxygens (including phenoxy) is 1. The molecule has 1 aliphatic carbocycles. The van der Waals surface area contributed by atoms with E-state index in [1.54, 1.807) is 11.0 Å². The fourth-order valence-electron chi connectivity index (χ4n) is 5.22. The minimum absolute atomic E-state index is 0.0149. The van der Waals surface area contributed by atoms with Crippen molar-refractivity contribution in [1.82, 2.24) is 10.2 Å². The molecule has 0 aliphatic heterocycles. The van der Waals surface area contributed by atoms with Crippen LogP contribution in [0.4, 0.5) is 0 Å². The standard InChI is InChI=1S/C34H40BrClN2O3/c1-34(2,3)26-18-19-31(28(35)21-26)41-23-32(39)38(22-25-14-10-11-17-29(25)36)30(20-24-12-6-4-7-13-24)33(40)37-27-15-8-5-9-16-27/h4,6-7,10-14,17-19,21,27,30H,5,8-9,15-16,20,22-23H2,1-3H3,(H,37,40)/t30-/m0/s1. The molecule has 41 heavy (non-hydrogen) atoms. The third kappa shape index (κ3) is 8.83. The van der Waals surface area contributed by atoms with Gasteiger partial charge in [-0.05, 0) is 69.1 Å². The van der Waals surface area contributed by atoms with Crippen LogP contribution in [-0.4, -0.2) is 35.4 Å². The van der Waals surface area contributed by atoms with Gasteiger partial charge >= 0.3 is 0 Å². The normalized spacial score (nSPS) is 14.8. The first-order valence-electron chi connectivity index (χ1n) is 14.4. The molecule has 218 valence electrons. The molecule has 0 heterocycles. The van der Waals surface area contributed by atoms with Crippen molar-refractivity contribution in [1.29, 1.82) is 0 Å². The third-order valence-corrected chi connectivity index (χ3v) is 8.66. The van der Waals surface area contributed by atoms with Crippen molar-refractivity contribution in [2.24, 2.45) is 0 Å². The topological polar surface area (TPSA) is 58.6 Å². The van der Waals surface area contributed by atoms with E-state index in [-0.39, 0.29) is 36.4 Å². The van der Waals surface area contributed by atoms with E-state index in [4.69, 9.17) is 16.3 Å². The van der Waals surface area contributed by atoms with E-state index in [1.165, 1.54) is 6.42 Å². The lowest BCUT2D eigenvalue weighted by molar-refractivity contribution is -0.143. The molecule has 0 radical (unpaired) electrons. The van der Waals surface area contributed by atoms with E-state index >= 15 is 0 Å². The Bertz CT molecular complexity index is 1320. The van der Waals surface area contributed by atoms with Gasteiger partial charge in [0.25, 0.3) is 5.91 Å². The van der Waals surface area contributed by atoms with Crippen molar-refractivity contribution in [3.63, 3.8) is 0 Å². The van der Waals surface area contributed by atoms with E-state index in [2.05, 4.69) is 42.0 Å². The van der Waals surface area contributed by atoms with Gasteiger partial charge in [0.15, 0.2) is 6.61 Å². The van der Waals surface area contributed by atoms with Crippen LogP contribution in [0.3, 0.4) is 0 Å². The molecule has 1 saturated carbocycles. The Morgan fingerprint density at radius 3 is 2.34 bits per heavy atom. The van der Waals surface area contributed by atoms with Crippen molar-refractivity contribution in [2.45, 2.75) is 83.3 Å². The second-order valence-electron chi connectivity index (χ2n) is 11.8. The predicted octanol–water partition coefficient (Wildman–Crippen LogP) is 7.87. The van der Waals surface area contributed by atoms with Crippen molar-refractivity contribution < 1.29 is 14.3 Å². The third-order valence-electron chi connectivity index (χ3n) is 7.67. The molecule has 1 fully saturated rings. The molecule has 7 heteroatoms. The number of nitrogens with one attached hydrogen (secondary N) is 1. The maximum atomic E-state index is 14.0. The van der Waals surface area contributed by atoms with Crippen molar-refractivity contribution in [2.75, 3.05) is 6.61 Å². The second-order valence-corrected chi connectivity index (χ2v) is 13.1. The first-order valence-corrected chi connectivity index (χ1v) is 15.6. The predicted molar refractivity (Wildman–Crippen MR) is 169 cm³/mol. The molecule has 1 aliphatic rings. The molecule has 0 spiro atoms. The highest BCUT2D eigenvalue weighted by Gasteiger charge is 2.32. The molecular weight excluding hydrogens is 600 g/mol. The maximum absolute atomic E-state index is 14.0. The van der Waals surface area contributed by atoms with Crippen molar-refractivity contribution in [3.8, 4) is 5.75 Å². The molecule has 0 bridgehead atoms. The lowest BCUT2D eigenvalue weighted by Gasteiger charge is -2.33. The van der Waals surface area contributed by atoms with Crippen LogP contribution in [0, 0.1) is 0 Å². The summed E-state index contributed by atoms with van der Waals surface area (Å²) in [6.45, 7) is 6.44. The summed E-state index contributed by atoms with van der Waals surface area (Å²) in [5.74, 6) is 0.156. The Hall–Kier alpha value is -2.83. The fraction of sp³-hybridized carbons (Fsp3) is 0.412. The summed E-state index contributed by atoms with van der Waals surface area (Å²) in [7, 11) is 0. The van der Waals surface area contributed by atoms with E-state index in [1.807, 2.05) is 66.7 Å². The molecule has 0 saturated heterocycles. The Labute approximate surface area is 257 Å². The number of amides is 2. The highest BCUT2D eigenvalue weighted by Crippen LogP contribution is 2.32. The van der Waals surface area contributed by atoms with E-state index in [0.29, 0.717) is 17.2 Å². The fourth-order valence-corrected chi connectivity index (χ4v) is 5.90. The number of halogens is 2. The zero-order chi connectivity index (χ0) is 29.4. The lowest BCUT2D eigenvalue weighted by atomic mass is 9.87. The monoisotopic (exact) mass is 638 g/mol. The van der Waals surface area contributed by atoms with Crippen molar-refractivity contribution in [3.05, 3.63) is 99.0 Å². The Kier molecular flexibility index (Phi) is 10.9. The van der Waals surface area contributed by atoms with Crippen LogP contribution < -0.4 is 10.1 Å². The number of carbonyl (C=O) groups excluding carboxylic acids is 2. The van der Waals surface area contributed by atoms with Gasteiger partial charge in [-0.3, -0.25) is 9.59 Å². The molecule has 0 unspecified atom stereocenters. The van der Waals surface area contributed by atoms with Crippen LogP contribution in [-0.2, 0) is 28.0 Å². The van der Waals surface area contributed by atoms with Gasteiger partial charge in [-0.2, -0.15) is 0 Å². The number of rotatable bonds is 10. The van der Waals surface area contributed by atoms with Crippen LogP contribution in [0.15, 0.2) is 77.3 Å². The van der Waals surface area contributed by atoms with Gasteiger partial charge in [-0.1, -0.05) is 106 Å². The van der Waals surface area contributed by atoms with Gasteiger partial charge < -0.3 is 15.0 Å². The molecule has 3 aromatic carbocycles. The number of hydrogen-bond acceptors (Lipinski definition) is 3. The van der Waals surface area contributed by atoms with Crippen LogP contribution in [0.2, 0.25) is 5.02 Å². The summed E-state index contributed by atoms with van der Waals surface area (Å²) in [5, 5.41) is 3.82. The number of nitrogens with zero attached hydrogens (tertiary/aromatic N) is 1. The van der Waals surface area contributed by atoms with Gasteiger partial charge in [-0.15, -0.1) is 0 Å². The average Bonchev–Trinajstić information content (AvgIpc) is 2.95. The summed E-state index contributed by atoms with van der Waals surface area (Å²) in [6.07, 6.45) is 5.72. The Morgan fingerprint density at radius 2 is 1.68 bits per heavy atom. The number of hydrogen-bond donors (Lipinski definition) is 1. The molecule has 3 aromatic rings. The van der Waals surface area contributed by atoms with Gasteiger partial charge in [-0.25, -0.2) is 0 Å². The highest BCUT2D eigenvalue weighted by atomic mass is 79.9.